The fraction of sp³-hybridized carbons (Fsp3) is 0.549. The fourth-order valence-electron chi connectivity index (χ4n) is 8.41. The lowest BCUT2D eigenvalue weighted by atomic mass is 9.95. The van der Waals surface area contributed by atoms with Gasteiger partial charge in [0, 0.05) is 23.9 Å². The number of fused-ring (bicyclic) bond motifs is 1. The molecule has 0 aromatic heterocycles. The van der Waals surface area contributed by atoms with Crippen molar-refractivity contribution in [2.75, 3.05) is 28.8 Å². The van der Waals surface area contributed by atoms with Crippen LogP contribution in [-0.2, 0) is 20.0 Å². The number of aromatic hydroxyl groups is 2. The Hall–Kier alpha value is -4.69. The van der Waals surface area contributed by atoms with Crippen LogP contribution in [0.15, 0.2) is 69.7 Å². The number of carbonyl (C=O) groups is 1. The number of rotatable bonds is 30. The van der Waals surface area contributed by atoms with Crippen molar-refractivity contribution in [3.05, 3.63) is 76.9 Å². The number of sulfonamides is 2. The van der Waals surface area contributed by atoms with Gasteiger partial charge in [-0.1, -0.05) is 154 Å². The second kappa shape index (κ2) is 26.5. The third-order valence-corrected chi connectivity index (χ3v) is 14.3. The predicted octanol–water partition coefficient (Wildman–Crippen LogP) is 14.0. The van der Waals surface area contributed by atoms with Crippen LogP contribution in [0.3, 0.4) is 0 Å². The molecule has 0 spiro atoms. The summed E-state index contributed by atoms with van der Waals surface area (Å²) in [6.45, 7) is 10.6. The Labute approximate surface area is 389 Å². The van der Waals surface area contributed by atoms with Crippen molar-refractivity contribution in [2.24, 2.45) is 10.2 Å². The van der Waals surface area contributed by atoms with E-state index in [0.717, 1.165) is 44.8 Å². The minimum absolute atomic E-state index is 0.00366. The molecule has 358 valence electrons. The third kappa shape index (κ3) is 16.0. The largest absolute Gasteiger partial charge is 0.507 e. The van der Waals surface area contributed by atoms with Gasteiger partial charge < -0.3 is 15.1 Å². The highest BCUT2D eigenvalue weighted by Crippen LogP contribution is 2.41. The van der Waals surface area contributed by atoms with Gasteiger partial charge in [0.2, 0.25) is 10.0 Å². The van der Waals surface area contributed by atoms with Crippen LogP contribution in [0.25, 0.3) is 10.8 Å². The van der Waals surface area contributed by atoms with Gasteiger partial charge in [0.15, 0.2) is 0 Å². The van der Waals surface area contributed by atoms with Crippen LogP contribution in [0.2, 0.25) is 0 Å². The van der Waals surface area contributed by atoms with E-state index < -0.39 is 20.0 Å². The Balaban J connectivity index is 1.58. The lowest BCUT2D eigenvalue weighted by molar-refractivity contribution is 0.0745. The summed E-state index contributed by atoms with van der Waals surface area (Å²) >= 11 is 0. The van der Waals surface area contributed by atoms with E-state index in [1.54, 1.807) is 45.0 Å². The van der Waals surface area contributed by atoms with Gasteiger partial charge in [0.1, 0.15) is 22.1 Å². The molecule has 4 rings (SSSR count). The molecule has 0 unspecified atom stereocenters. The number of hydrogen-bond acceptors (Lipinski definition) is 9. The van der Waals surface area contributed by atoms with Crippen molar-refractivity contribution in [3.63, 3.8) is 0 Å². The number of amides is 1. The molecule has 0 aliphatic carbocycles. The molecule has 0 aliphatic heterocycles. The van der Waals surface area contributed by atoms with Gasteiger partial charge in [0.05, 0.1) is 28.9 Å². The molecule has 0 saturated carbocycles. The van der Waals surface area contributed by atoms with Crippen LogP contribution >= 0.6 is 0 Å². The first-order chi connectivity index (χ1) is 31.1. The van der Waals surface area contributed by atoms with E-state index in [9.17, 15) is 31.8 Å². The van der Waals surface area contributed by atoms with Crippen molar-refractivity contribution < 1.29 is 31.8 Å². The molecule has 0 fully saturated rings. The predicted molar refractivity (Wildman–Crippen MR) is 267 cm³/mol. The average molecular weight is 934 g/mol. The Kier molecular flexibility index (Phi) is 21.5. The number of hydrogen-bond donors (Lipinski definition) is 4. The standard InChI is InChI=1S/C51H75N5O7S2/c1-7-9-11-13-15-17-19-21-23-27-36-56(37-28-24-22-20-18-16-14-12-10-8-2)51(59)47-40(5)49(38(3)39(4)50(47)58)55-65(62,63)46-33-26-25-31-42(46)52-53-43-34-35-45(57)41-30-29-32-44(48(41)43)54-64(6,60)61/h25-26,29-35,54-55,57-58H,7-24,27-28,36-37H2,1-6H3/b53-52+. The third-order valence-electron chi connectivity index (χ3n) is 12.3. The Bertz CT molecular complexity index is 2400. The van der Waals surface area contributed by atoms with Crippen molar-refractivity contribution in [3.8, 4) is 11.5 Å². The summed E-state index contributed by atoms with van der Waals surface area (Å²) in [5.41, 5.74) is 1.87. The van der Waals surface area contributed by atoms with E-state index in [2.05, 4.69) is 33.5 Å². The molecule has 0 aliphatic rings. The SMILES string of the molecule is CCCCCCCCCCCCN(CCCCCCCCCCCC)C(=O)c1c(C)c(NS(=O)(=O)c2ccccc2/N=N/c2ccc(O)c3cccc(NS(C)(=O)=O)c23)c(C)c(C)c1O. The smallest absolute Gasteiger partial charge is 0.264 e. The number of phenols is 2. The van der Waals surface area contributed by atoms with E-state index in [0.29, 0.717) is 35.2 Å². The summed E-state index contributed by atoms with van der Waals surface area (Å²) in [6.07, 6.45) is 24.6. The highest BCUT2D eigenvalue weighted by molar-refractivity contribution is 7.93. The van der Waals surface area contributed by atoms with Gasteiger partial charge in [-0.15, -0.1) is 10.2 Å². The number of phenolic OH excluding ortho intramolecular Hbond substituents is 2. The van der Waals surface area contributed by atoms with Crippen molar-refractivity contribution in [2.45, 2.75) is 168 Å². The topological polar surface area (TPSA) is 178 Å². The molecule has 4 N–H and O–H groups in total. The Morgan fingerprint density at radius 1 is 0.585 bits per heavy atom. The Morgan fingerprint density at radius 2 is 1.09 bits per heavy atom. The van der Waals surface area contributed by atoms with Crippen molar-refractivity contribution >= 4 is 59.5 Å². The fourth-order valence-corrected chi connectivity index (χ4v) is 10.3. The zero-order valence-electron chi connectivity index (χ0n) is 39.8. The van der Waals surface area contributed by atoms with E-state index in [4.69, 9.17) is 0 Å². The molecular formula is C51H75N5O7S2. The summed E-state index contributed by atoms with van der Waals surface area (Å²) in [5, 5.41) is 31.5. The monoisotopic (exact) mass is 934 g/mol. The minimum Gasteiger partial charge on any atom is -0.507 e. The molecule has 0 heterocycles. The lowest BCUT2D eigenvalue weighted by Crippen LogP contribution is -2.34. The van der Waals surface area contributed by atoms with Crippen LogP contribution in [-0.4, -0.2) is 57.2 Å². The van der Waals surface area contributed by atoms with Crippen LogP contribution in [0.4, 0.5) is 22.7 Å². The molecule has 0 saturated heterocycles. The number of azo groups is 1. The number of nitrogens with one attached hydrogen (secondary N) is 2. The summed E-state index contributed by atoms with van der Waals surface area (Å²) < 4.78 is 58.3. The normalized spacial score (nSPS) is 12.0. The van der Waals surface area contributed by atoms with Gasteiger partial charge in [0.25, 0.3) is 15.9 Å². The number of benzene rings is 4. The van der Waals surface area contributed by atoms with Crippen LogP contribution in [0.5, 0.6) is 11.5 Å². The highest BCUT2D eigenvalue weighted by atomic mass is 32.2. The van der Waals surface area contributed by atoms with Gasteiger partial charge in [-0.3, -0.25) is 14.2 Å². The first-order valence-corrected chi connectivity index (χ1v) is 27.4. The van der Waals surface area contributed by atoms with Crippen LogP contribution in [0, 0.1) is 20.8 Å². The average Bonchev–Trinajstić information content (AvgIpc) is 3.27. The van der Waals surface area contributed by atoms with Gasteiger partial charge in [-0.05, 0) is 80.6 Å². The van der Waals surface area contributed by atoms with Gasteiger partial charge in [-0.25, -0.2) is 16.8 Å². The van der Waals surface area contributed by atoms with E-state index in [-0.39, 0.29) is 56.0 Å². The molecule has 4 aromatic rings. The number of unbranched alkanes of at least 4 members (excludes halogenated alkanes) is 18. The number of anilines is 2. The molecule has 1 amide bonds. The first kappa shape index (κ1) is 52.9. The number of nitrogens with zero attached hydrogens (tertiary/aromatic N) is 3. The Morgan fingerprint density at radius 3 is 1.63 bits per heavy atom. The quantitative estimate of drug-likeness (QED) is 0.0228. The van der Waals surface area contributed by atoms with E-state index in [1.165, 1.54) is 120 Å². The van der Waals surface area contributed by atoms with Crippen molar-refractivity contribution in [1.82, 2.24) is 4.90 Å². The zero-order chi connectivity index (χ0) is 47.4. The first-order valence-electron chi connectivity index (χ1n) is 24.0. The van der Waals surface area contributed by atoms with Crippen LogP contribution < -0.4 is 9.44 Å². The molecule has 0 radical (unpaired) electrons. The maximum atomic E-state index is 14.6. The molecular weight excluding hydrogens is 859 g/mol. The second-order valence-corrected chi connectivity index (χ2v) is 21.0. The second-order valence-electron chi connectivity index (χ2n) is 17.6. The lowest BCUT2D eigenvalue weighted by Gasteiger charge is -2.26. The zero-order valence-corrected chi connectivity index (χ0v) is 41.5. The molecule has 12 nitrogen and oxygen atoms in total. The molecule has 0 bridgehead atoms. The van der Waals surface area contributed by atoms with E-state index in [1.807, 2.05) is 4.90 Å². The van der Waals surface area contributed by atoms with Crippen LogP contribution in [0.1, 0.15) is 169 Å². The molecule has 14 heteroatoms. The highest BCUT2D eigenvalue weighted by Gasteiger charge is 2.29. The summed E-state index contributed by atoms with van der Waals surface area (Å²) in [5.74, 6) is -0.559. The molecule has 0 atom stereocenters. The van der Waals surface area contributed by atoms with Gasteiger partial charge in [-0.2, -0.15) is 0 Å². The maximum Gasteiger partial charge on any atom is 0.264 e. The summed E-state index contributed by atoms with van der Waals surface area (Å²) in [6, 6.07) is 13.7. The summed E-state index contributed by atoms with van der Waals surface area (Å²) in [7, 11) is -8.08. The number of carbonyl (C=O) groups excluding carboxylic acids is 1. The summed E-state index contributed by atoms with van der Waals surface area (Å²) in [4.78, 5) is 16.3. The minimum atomic E-state index is -4.37. The molecule has 4 aromatic carbocycles. The maximum absolute atomic E-state index is 14.6. The van der Waals surface area contributed by atoms with Gasteiger partial charge >= 0.3 is 0 Å². The van der Waals surface area contributed by atoms with Crippen molar-refractivity contribution in [1.29, 1.82) is 0 Å². The molecule has 65 heavy (non-hydrogen) atoms. The van der Waals surface area contributed by atoms with E-state index >= 15 is 0 Å².